The van der Waals surface area contributed by atoms with Crippen LogP contribution < -0.4 is 5.32 Å². The summed E-state index contributed by atoms with van der Waals surface area (Å²) < 4.78 is 40.6. The van der Waals surface area contributed by atoms with Crippen molar-refractivity contribution in [2.75, 3.05) is 0 Å². The van der Waals surface area contributed by atoms with Crippen LogP contribution in [0.15, 0.2) is 6.07 Å². The molecule has 5 saturated carbocycles. The molecule has 1 amide bonds. The highest BCUT2D eigenvalue weighted by molar-refractivity contribution is 5.76. The number of hydrogen-bond acceptors (Lipinski definition) is 2. The van der Waals surface area contributed by atoms with Gasteiger partial charge >= 0.3 is 6.18 Å². The summed E-state index contributed by atoms with van der Waals surface area (Å²) >= 11 is 0. The van der Waals surface area contributed by atoms with Crippen molar-refractivity contribution in [3.63, 3.8) is 0 Å². The number of carbonyl (C=O) groups is 1. The van der Waals surface area contributed by atoms with Crippen LogP contribution in [0.25, 0.3) is 0 Å². The van der Waals surface area contributed by atoms with E-state index in [1.54, 1.807) is 0 Å². The molecule has 0 aliphatic heterocycles. The molecule has 5 aliphatic carbocycles. The van der Waals surface area contributed by atoms with Crippen LogP contribution in [-0.4, -0.2) is 21.7 Å². The zero-order valence-electron chi connectivity index (χ0n) is 17.0. The molecule has 29 heavy (non-hydrogen) atoms. The standard InChI is InChI=1S/C22H30F3N3O/c1-2-18(21-9-13-5-14(10-21)7-15(6-13)11-21)26-20(29)12-28-17(16-3-4-16)8-19(27-28)22(23,24)25/h8,13-16,18H,2-7,9-12H2,1H3,(H,26,29). The third-order valence-corrected chi connectivity index (χ3v) is 7.96. The van der Waals surface area contributed by atoms with Crippen LogP contribution in [-0.2, 0) is 17.5 Å². The van der Waals surface area contributed by atoms with Gasteiger partial charge < -0.3 is 5.32 Å². The van der Waals surface area contributed by atoms with Crippen LogP contribution in [0, 0.1) is 23.2 Å². The summed E-state index contributed by atoms with van der Waals surface area (Å²) in [5.41, 5.74) is -0.143. The summed E-state index contributed by atoms with van der Waals surface area (Å²) in [4.78, 5) is 12.9. The number of nitrogens with zero attached hydrogens (tertiary/aromatic N) is 2. The monoisotopic (exact) mass is 409 g/mol. The second kappa shape index (κ2) is 6.74. The first kappa shape index (κ1) is 19.4. The Morgan fingerprint density at radius 1 is 1.21 bits per heavy atom. The highest BCUT2D eigenvalue weighted by Gasteiger charge is 2.54. The summed E-state index contributed by atoms with van der Waals surface area (Å²) in [5.74, 6) is 2.31. The fourth-order valence-electron chi connectivity index (χ4n) is 7.07. The van der Waals surface area contributed by atoms with Gasteiger partial charge in [0, 0.05) is 17.7 Å². The maximum absolute atomic E-state index is 13.1. The fourth-order valence-corrected chi connectivity index (χ4v) is 7.07. The predicted octanol–water partition coefficient (Wildman–Crippen LogP) is 4.89. The van der Waals surface area contributed by atoms with Crippen LogP contribution in [0.1, 0.15) is 82.0 Å². The maximum Gasteiger partial charge on any atom is 0.435 e. The fraction of sp³-hybridized carbons (Fsp3) is 0.818. The van der Waals surface area contributed by atoms with Crippen molar-refractivity contribution in [3.8, 4) is 0 Å². The summed E-state index contributed by atoms with van der Waals surface area (Å²) in [6, 6.07) is 1.24. The third kappa shape index (κ3) is 3.59. The molecule has 0 saturated heterocycles. The molecule has 160 valence electrons. The van der Waals surface area contributed by atoms with E-state index in [2.05, 4.69) is 17.3 Å². The minimum atomic E-state index is -4.48. The lowest BCUT2D eigenvalue weighted by molar-refractivity contribution is -0.141. The van der Waals surface area contributed by atoms with Crippen LogP contribution >= 0.6 is 0 Å². The van der Waals surface area contributed by atoms with E-state index in [0.29, 0.717) is 5.69 Å². The Bertz CT molecular complexity index is 760. The normalized spacial score (nSPS) is 34.4. The first-order chi connectivity index (χ1) is 13.8. The lowest BCUT2D eigenvalue weighted by Gasteiger charge is -2.59. The molecule has 4 bridgehead atoms. The molecular formula is C22H30F3N3O. The molecule has 5 fully saturated rings. The second-order valence-corrected chi connectivity index (χ2v) is 10.2. The number of carbonyl (C=O) groups excluding carboxylic acids is 1. The number of nitrogens with one attached hydrogen (secondary N) is 1. The van der Waals surface area contributed by atoms with Crippen molar-refractivity contribution in [1.29, 1.82) is 0 Å². The zero-order valence-corrected chi connectivity index (χ0v) is 17.0. The average molecular weight is 409 g/mol. The molecule has 0 aromatic carbocycles. The molecule has 6 rings (SSSR count). The topological polar surface area (TPSA) is 46.9 Å². The summed E-state index contributed by atoms with van der Waals surface area (Å²) in [7, 11) is 0. The Hall–Kier alpha value is -1.53. The van der Waals surface area contributed by atoms with Gasteiger partial charge in [-0.25, -0.2) is 0 Å². The van der Waals surface area contributed by atoms with E-state index in [1.807, 2.05) is 0 Å². The Kier molecular flexibility index (Phi) is 4.52. The lowest BCUT2D eigenvalue weighted by Crippen LogP contribution is -2.57. The average Bonchev–Trinajstić information content (AvgIpc) is 3.38. The van der Waals surface area contributed by atoms with E-state index in [1.165, 1.54) is 43.2 Å². The van der Waals surface area contributed by atoms with Crippen LogP contribution in [0.3, 0.4) is 0 Å². The molecule has 4 nitrogen and oxygen atoms in total. The van der Waals surface area contributed by atoms with E-state index in [0.717, 1.165) is 43.1 Å². The van der Waals surface area contributed by atoms with Gasteiger partial charge in [0.2, 0.25) is 5.91 Å². The third-order valence-electron chi connectivity index (χ3n) is 7.96. The molecule has 1 aromatic rings. The van der Waals surface area contributed by atoms with Gasteiger partial charge in [-0.3, -0.25) is 9.48 Å². The van der Waals surface area contributed by atoms with Gasteiger partial charge in [0.05, 0.1) is 0 Å². The van der Waals surface area contributed by atoms with Crippen LogP contribution in [0.2, 0.25) is 0 Å². The lowest BCUT2D eigenvalue weighted by atomic mass is 9.47. The minimum Gasteiger partial charge on any atom is -0.351 e. The van der Waals surface area contributed by atoms with Crippen molar-refractivity contribution in [2.45, 2.75) is 89.4 Å². The number of aromatic nitrogens is 2. The number of halogens is 3. The van der Waals surface area contributed by atoms with Crippen LogP contribution in [0.5, 0.6) is 0 Å². The number of amides is 1. The quantitative estimate of drug-likeness (QED) is 0.727. The van der Waals surface area contributed by atoms with Crippen molar-refractivity contribution < 1.29 is 18.0 Å². The number of alkyl halides is 3. The Morgan fingerprint density at radius 3 is 2.28 bits per heavy atom. The largest absolute Gasteiger partial charge is 0.435 e. The molecule has 1 heterocycles. The summed E-state index contributed by atoms with van der Waals surface area (Å²) in [6.45, 7) is 2.00. The SMILES string of the molecule is CCC(NC(=O)Cn1nc(C(F)(F)F)cc1C1CC1)C12CC3CC(CC(C3)C1)C2. The van der Waals surface area contributed by atoms with E-state index < -0.39 is 11.9 Å². The van der Waals surface area contributed by atoms with E-state index in [4.69, 9.17) is 0 Å². The molecule has 5 aliphatic rings. The maximum atomic E-state index is 13.1. The smallest absolute Gasteiger partial charge is 0.351 e. The van der Waals surface area contributed by atoms with E-state index in [-0.39, 0.29) is 29.8 Å². The summed E-state index contributed by atoms with van der Waals surface area (Å²) in [6.07, 6.45) is 5.79. The predicted molar refractivity (Wildman–Crippen MR) is 102 cm³/mol. The molecule has 7 heteroatoms. The molecule has 1 atom stereocenters. The van der Waals surface area contributed by atoms with Gasteiger partial charge in [-0.15, -0.1) is 0 Å². The van der Waals surface area contributed by atoms with Crippen LogP contribution in [0.4, 0.5) is 13.2 Å². The van der Waals surface area contributed by atoms with Gasteiger partial charge in [-0.2, -0.15) is 18.3 Å². The zero-order chi connectivity index (χ0) is 20.4. The Labute approximate surface area is 169 Å². The molecule has 0 spiro atoms. The van der Waals surface area contributed by atoms with Gasteiger partial charge in [0.1, 0.15) is 6.54 Å². The number of hydrogen-bond donors (Lipinski definition) is 1. The molecule has 1 N–H and O–H groups in total. The molecule has 0 radical (unpaired) electrons. The first-order valence-electron chi connectivity index (χ1n) is 11.2. The van der Waals surface area contributed by atoms with E-state index >= 15 is 0 Å². The van der Waals surface area contributed by atoms with E-state index in [9.17, 15) is 18.0 Å². The highest BCUT2D eigenvalue weighted by atomic mass is 19.4. The van der Waals surface area contributed by atoms with Gasteiger partial charge in [0.25, 0.3) is 0 Å². The molecule has 1 unspecified atom stereocenters. The van der Waals surface area contributed by atoms with Crippen molar-refractivity contribution in [2.24, 2.45) is 23.2 Å². The van der Waals surface area contributed by atoms with Crippen molar-refractivity contribution in [3.05, 3.63) is 17.5 Å². The number of rotatable bonds is 6. The molecular weight excluding hydrogens is 379 g/mol. The van der Waals surface area contributed by atoms with Crippen molar-refractivity contribution in [1.82, 2.24) is 15.1 Å². The van der Waals surface area contributed by atoms with Gasteiger partial charge in [-0.1, -0.05) is 6.92 Å². The molecule has 1 aromatic heterocycles. The summed E-state index contributed by atoms with van der Waals surface area (Å²) in [5, 5.41) is 6.96. The first-order valence-corrected chi connectivity index (χ1v) is 11.2. The Morgan fingerprint density at radius 2 is 1.79 bits per heavy atom. The highest BCUT2D eigenvalue weighted by Crippen LogP contribution is 2.61. The Balaban J connectivity index is 1.31. The second-order valence-electron chi connectivity index (χ2n) is 10.2. The van der Waals surface area contributed by atoms with Gasteiger partial charge in [-0.05, 0) is 87.0 Å². The minimum absolute atomic E-state index is 0.108. The van der Waals surface area contributed by atoms with Crippen molar-refractivity contribution >= 4 is 5.91 Å². The van der Waals surface area contributed by atoms with Gasteiger partial charge in [0.15, 0.2) is 5.69 Å².